The molecule has 1 atom stereocenters. The average Bonchev–Trinajstić information content (AvgIpc) is 2.83. The van der Waals surface area contributed by atoms with E-state index in [4.69, 9.17) is 5.11 Å². The van der Waals surface area contributed by atoms with E-state index < -0.39 is 0 Å². The molecule has 2 heterocycles. The van der Waals surface area contributed by atoms with Crippen LogP contribution in [0.3, 0.4) is 0 Å². The van der Waals surface area contributed by atoms with Gasteiger partial charge in [0.15, 0.2) is 0 Å². The van der Waals surface area contributed by atoms with Crippen LogP contribution in [0.1, 0.15) is 17.1 Å². The van der Waals surface area contributed by atoms with E-state index in [1.54, 1.807) is 11.3 Å². The first-order valence-corrected chi connectivity index (χ1v) is 6.40. The number of aromatic nitrogens is 1. The Morgan fingerprint density at radius 2 is 2.53 bits per heavy atom. The molecule has 3 nitrogen and oxygen atoms in total. The highest BCUT2D eigenvalue weighted by atomic mass is 32.1. The Morgan fingerprint density at radius 1 is 1.67 bits per heavy atom. The lowest BCUT2D eigenvalue weighted by molar-refractivity contribution is 0.222. The maximum Gasteiger partial charge on any atom is 0.0940 e. The zero-order valence-corrected chi connectivity index (χ0v) is 9.96. The highest BCUT2D eigenvalue weighted by molar-refractivity contribution is 7.09. The summed E-state index contributed by atoms with van der Waals surface area (Å²) in [6.45, 7) is 5.66. The van der Waals surface area contributed by atoms with Crippen LogP contribution in [-0.2, 0) is 6.42 Å². The number of rotatable bonds is 4. The Hall–Kier alpha value is -0.450. The summed E-state index contributed by atoms with van der Waals surface area (Å²) in [6, 6.07) is 0. The van der Waals surface area contributed by atoms with Gasteiger partial charge >= 0.3 is 0 Å². The van der Waals surface area contributed by atoms with Crippen molar-refractivity contribution in [3.05, 3.63) is 16.1 Å². The lowest BCUT2D eigenvalue weighted by atomic mass is 10.1. The van der Waals surface area contributed by atoms with Gasteiger partial charge in [0.1, 0.15) is 0 Å². The minimum Gasteiger partial charge on any atom is -0.396 e. The quantitative estimate of drug-likeness (QED) is 0.841. The molecule has 0 bridgehead atoms. The molecular formula is C11H18N2OS. The van der Waals surface area contributed by atoms with Crippen LogP contribution in [0, 0.1) is 12.8 Å². The van der Waals surface area contributed by atoms with Crippen molar-refractivity contribution >= 4 is 11.3 Å². The molecule has 1 saturated heterocycles. The molecule has 0 saturated carbocycles. The number of aliphatic hydroxyl groups is 1. The lowest BCUT2D eigenvalue weighted by Gasteiger charge is -2.14. The summed E-state index contributed by atoms with van der Waals surface area (Å²) in [7, 11) is 0. The van der Waals surface area contributed by atoms with Gasteiger partial charge < -0.3 is 10.0 Å². The van der Waals surface area contributed by atoms with Gasteiger partial charge in [-0.2, -0.15) is 0 Å². The van der Waals surface area contributed by atoms with Gasteiger partial charge in [-0.25, -0.2) is 4.98 Å². The van der Waals surface area contributed by atoms with Crippen molar-refractivity contribution in [1.29, 1.82) is 0 Å². The van der Waals surface area contributed by atoms with Crippen LogP contribution in [0.2, 0.25) is 0 Å². The fraction of sp³-hybridized carbons (Fsp3) is 0.727. The number of aliphatic hydroxyl groups excluding tert-OH is 1. The number of hydrogen-bond donors (Lipinski definition) is 1. The van der Waals surface area contributed by atoms with Crippen LogP contribution >= 0.6 is 11.3 Å². The lowest BCUT2D eigenvalue weighted by Crippen LogP contribution is -2.24. The van der Waals surface area contributed by atoms with E-state index in [-0.39, 0.29) is 0 Å². The fourth-order valence-corrected chi connectivity index (χ4v) is 2.80. The summed E-state index contributed by atoms with van der Waals surface area (Å²) in [5, 5.41) is 12.4. The molecule has 4 heteroatoms. The monoisotopic (exact) mass is 226 g/mol. The maximum absolute atomic E-state index is 9.04. The van der Waals surface area contributed by atoms with E-state index in [1.807, 2.05) is 6.92 Å². The van der Waals surface area contributed by atoms with Gasteiger partial charge in [-0.15, -0.1) is 11.3 Å². The van der Waals surface area contributed by atoms with Gasteiger partial charge in [0.25, 0.3) is 0 Å². The topological polar surface area (TPSA) is 36.4 Å². The predicted molar refractivity (Wildman–Crippen MR) is 62.2 cm³/mol. The van der Waals surface area contributed by atoms with Crippen molar-refractivity contribution in [1.82, 2.24) is 9.88 Å². The SMILES string of the molecule is Cc1csc(CCN2CCC(CO)C2)n1. The molecule has 0 amide bonds. The van der Waals surface area contributed by atoms with Crippen LogP contribution in [0.4, 0.5) is 0 Å². The highest BCUT2D eigenvalue weighted by Crippen LogP contribution is 2.16. The molecule has 84 valence electrons. The normalized spacial score (nSPS) is 22.4. The molecular weight excluding hydrogens is 208 g/mol. The van der Waals surface area contributed by atoms with Gasteiger partial charge in [0, 0.05) is 37.2 Å². The number of hydrogen-bond acceptors (Lipinski definition) is 4. The first kappa shape index (κ1) is 11.0. The molecule has 1 aromatic heterocycles. The first-order chi connectivity index (χ1) is 7.28. The molecule has 0 aromatic carbocycles. The molecule has 0 aliphatic carbocycles. The van der Waals surface area contributed by atoms with Crippen molar-refractivity contribution < 1.29 is 5.11 Å². The number of likely N-dealkylation sites (tertiary alicyclic amines) is 1. The molecule has 15 heavy (non-hydrogen) atoms. The van der Waals surface area contributed by atoms with Crippen LogP contribution in [0.5, 0.6) is 0 Å². The zero-order chi connectivity index (χ0) is 10.7. The molecule has 1 fully saturated rings. The second-order valence-corrected chi connectivity index (χ2v) is 5.21. The van der Waals surface area contributed by atoms with Gasteiger partial charge in [-0.1, -0.05) is 0 Å². The van der Waals surface area contributed by atoms with Crippen molar-refractivity contribution in [2.75, 3.05) is 26.2 Å². The largest absolute Gasteiger partial charge is 0.396 e. The van der Waals surface area contributed by atoms with Crippen LogP contribution in [0.25, 0.3) is 0 Å². The van der Waals surface area contributed by atoms with Crippen molar-refractivity contribution in [3.63, 3.8) is 0 Å². The zero-order valence-electron chi connectivity index (χ0n) is 9.15. The molecule has 0 spiro atoms. The van der Waals surface area contributed by atoms with E-state index in [0.29, 0.717) is 12.5 Å². The van der Waals surface area contributed by atoms with Gasteiger partial charge in [0.05, 0.1) is 5.01 Å². The van der Waals surface area contributed by atoms with E-state index in [9.17, 15) is 0 Å². The molecule has 1 aromatic rings. The standard InChI is InChI=1S/C11H18N2OS/c1-9-8-15-11(12-9)3-5-13-4-2-10(6-13)7-14/h8,10,14H,2-7H2,1H3. The van der Waals surface area contributed by atoms with E-state index >= 15 is 0 Å². The van der Waals surface area contributed by atoms with E-state index in [0.717, 1.165) is 38.2 Å². The molecule has 2 rings (SSSR count). The highest BCUT2D eigenvalue weighted by Gasteiger charge is 2.21. The second kappa shape index (κ2) is 5.05. The first-order valence-electron chi connectivity index (χ1n) is 5.52. The second-order valence-electron chi connectivity index (χ2n) is 4.27. The number of nitrogens with zero attached hydrogens (tertiary/aromatic N) is 2. The summed E-state index contributed by atoms with van der Waals surface area (Å²) in [5.74, 6) is 0.503. The Labute approximate surface area is 94.8 Å². The molecule has 1 unspecified atom stereocenters. The summed E-state index contributed by atoms with van der Waals surface area (Å²) >= 11 is 1.75. The fourth-order valence-electron chi connectivity index (χ4n) is 2.04. The van der Waals surface area contributed by atoms with Crippen LogP contribution in [-0.4, -0.2) is 41.2 Å². The Balaban J connectivity index is 1.75. The molecule has 1 aliphatic heterocycles. The van der Waals surface area contributed by atoms with Gasteiger partial charge in [-0.05, 0) is 25.8 Å². The Morgan fingerprint density at radius 3 is 3.13 bits per heavy atom. The minimum absolute atomic E-state index is 0.340. The van der Waals surface area contributed by atoms with Crippen molar-refractivity contribution in [2.45, 2.75) is 19.8 Å². The van der Waals surface area contributed by atoms with Crippen LogP contribution < -0.4 is 0 Å². The third-order valence-corrected chi connectivity index (χ3v) is 3.96. The molecule has 1 N–H and O–H groups in total. The third kappa shape index (κ3) is 3.00. The summed E-state index contributed by atoms with van der Waals surface area (Å²) in [6.07, 6.45) is 2.20. The third-order valence-electron chi connectivity index (χ3n) is 2.94. The van der Waals surface area contributed by atoms with Gasteiger partial charge in [-0.3, -0.25) is 0 Å². The van der Waals surface area contributed by atoms with Crippen LogP contribution in [0.15, 0.2) is 5.38 Å². The van der Waals surface area contributed by atoms with Gasteiger partial charge in [0.2, 0.25) is 0 Å². The Bertz CT molecular complexity index is 313. The predicted octanol–water partition coefficient (Wildman–Crippen LogP) is 1.31. The smallest absolute Gasteiger partial charge is 0.0940 e. The summed E-state index contributed by atoms with van der Waals surface area (Å²) in [5.41, 5.74) is 1.13. The average molecular weight is 226 g/mol. The van der Waals surface area contributed by atoms with E-state index in [2.05, 4.69) is 15.3 Å². The molecule has 0 radical (unpaired) electrons. The molecule has 1 aliphatic rings. The van der Waals surface area contributed by atoms with Crippen molar-refractivity contribution in [3.8, 4) is 0 Å². The minimum atomic E-state index is 0.340. The van der Waals surface area contributed by atoms with E-state index in [1.165, 1.54) is 5.01 Å². The maximum atomic E-state index is 9.04. The summed E-state index contributed by atoms with van der Waals surface area (Å²) < 4.78 is 0. The summed E-state index contributed by atoms with van der Waals surface area (Å²) in [4.78, 5) is 6.88. The van der Waals surface area contributed by atoms with Crippen molar-refractivity contribution in [2.24, 2.45) is 5.92 Å². The number of aryl methyl sites for hydroxylation is 1. The Kier molecular flexibility index (Phi) is 3.72. The number of thiazole rings is 1.